The van der Waals surface area contributed by atoms with E-state index in [0.717, 1.165) is 11.1 Å². The summed E-state index contributed by atoms with van der Waals surface area (Å²) in [6.07, 6.45) is 0. The lowest BCUT2D eigenvalue weighted by molar-refractivity contribution is -0.115. The van der Waals surface area contributed by atoms with Gasteiger partial charge in [0.1, 0.15) is 11.6 Å². The number of carbonyl (C=O) groups is 1. The van der Waals surface area contributed by atoms with E-state index in [9.17, 15) is 9.18 Å². The maximum Gasteiger partial charge on any atom is 0.238 e. The zero-order valence-electron chi connectivity index (χ0n) is 15.1. The Bertz CT molecular complexity index is 714. The number of methoxy groups -OCH3 is 1. The molecular formula is C20H25FN2O2. The van der Waals surface area contributed by atoms with E-state index in [2.05, 4.69) is 24.5 Å². The molecule has 1 amide bonds. The molecule has 134 valence electrons. The van der Waals surface area contributed by atoms with Crippen molar-refractivity contribution < 1.29 is 13.9 Å². The molecule has 2 N–H and O–H groups in total. The highest BCUT2D eigenvalue weighted by molar-refractivity contribution is 5.93. The maximum atomic E-state index is 13.1. The van der Waals surface area contributed by atoms with Crippen molar-refractivity contribution in [1.29, 1.82) is 0 Å². The summed E-state index contributed by atoms with van der Waals surface area (Å²) < 4.78 is 18.4. The predicted molar refractivity (Wildman–Crippen MR) is 98.3 cm³/mol. The smallest absolute Gasteiger partial charge is 0.238 e. The Morgan fingerprint density at radius 3 is 2.44 bits per heavy atom. The minimum Gasteiger partial charge on any atom is -0.495 e. The van der Waals surface area contributed by atoms with Gasteiger partial charge in [-0.25, -0.2) is 4.39 Å². The number of rotatable bonds is 7. The third-order valence-electron chi connectivity index (χ3n) is 4.01. The summed E-state index contributed by atoms with van der Waals surface area (Å²) in [5.74, 6) is 0.455. The van der Waals surface area contributed by atoms with Gasteiger partial charge in [-0.2, -0.15) is 0 Å². The van der Waals surface area contributed by atoms with Crippen LogP contribution in [0.25, 0.3) is 0 Å². The molecule has 0 aliphatic rings. The summed E-state index contributed by atoms with van der Waals surface area (Å²) in [4.78, 5) is 12.3. The number of ether oxygens (including phenoxy) is 1. The van der Waals surface area contributed by atoms with Crippen LogP contribution < -0.4 is 15.4 Å². The molecule has 0 radical (unpaired) electrons. The fourth-order valence-electron chi connectivity index (χ4n) is 2.73. The molecule has 0 aliphatic carbocycles. The molecule has 0 bridgehead atoms. The molecule has 1 unspecified atom stereocenters. The third-order valence-corrected chi connectivity index (χ3v) is 4.01. The van der Waals surface area contributed by atoms with Crippen LogP contribution in [0.3, 0.4) is 0 Å². The second-order valence-electron chi connectivity index (χ2n) is 6.41. The van der Waals surface area contributed by atoms with E-state index in [1.807, 2.05) is 25.1 Å². The molecule has 25 heavy (non-hydrogen) atoms. The molecule has 2 aromatic carbocycles. The minimum absolute atomic E-state index is 0.0363. The molecule has 1 atom stereocenters. The number of nitrogens with one attached hydrogen (secondary N) is 2. The van der Waals surface area contributed by atoms with Crippen molar-refractivity contribution in [2.75, 3.05) is 19.0 Å². The van der Waals surface area contributed by atoms with E-state index in [1.165, 1.54) is 12.1 Å². The Hall–Kier alpha value is -2.40. The van der Waals surface area contributed by atoms with E-state index in [0.29, 0.717) is 11.4 Å². The fourth-order valence-corrected chi connectivity index (χ4v) is 2.73. The van der Waals surface area contributed by atoms with Gasteiger partial charge >= 0.3 is 0 Å². The van der Waals surface area contributed by atoms with Gasteiger partial charge in [-0.15, -0.1) is 0 Å². The zero-order valence-corrected chi connectivity index (χ0v) is 15.1. The predicted octanol–water partition coefficient (Wildman–Crippen LogP) is 4.07. The number of hydrogen-bond acceptors (Lipinski definition) is 3. The van der Waals surface area contributed by atoms with Crippen molar-refractivity contribution in [2.45, 2.75) is 26.8 Å². The lowest BCUT2D eigenvalue weighted by Crippen LogP contribution is -2.33. The molecule has 0 heterocycles. The summed E-state index contributed by atoms with van der Waals surface area (Å²) in [5, 5.41) is 6.12. The van der Waals surface area contributed by atoms with Crippen molar-refractivity contribution in [3.05, 3.63) is 59.4 Å². The van der Waals surface area contributed by atoms with Gasteiger partial charge < -0.3 is 15.4 Å². The molecule has 5 heteroatoms. The first-order valence-electron chi connectivity index (χ1n) is 8.34. The highest BCUT2D eigenvalue weighted by Crippen LogP contribution is 2.25. The number of anilines is 1. The molecule has 2 rings (SSSR count). The van der Waals surface area contributed by atoms with Gasteiger partial charge in [0.15, 0.2) is 0 Å². The second-order valence-corrected chi connectivity index (χ2v) is 6.41. The van der Waals surface area contributed by atoms with Crippen molar-refractivity contribution in [1.82, 2.24) is 5.32 Å². The van der Waals surface area contributed by atoms with E-state index in [4.69, 9.17) is 4.74 Å². The molecule has 0 saturated heterocycles. The molecular weight excluding hydrogens is 319 g/mol. The first-order valence-corrected chi connectivity index (χ1v) is 8.34. The van der Waals surface area contributed by atoms with Crippen LogP contribution >= 0.6 is 0 Å². The molecule has 2 aromatic rings. The number of benzene rings is 2. The summed E-state index contributed by atoms with van der Waals surface area (Å²) in [6, 6.07) is 11.9. The van der Waals surface area contributed by atoms with Crippen LogP contribution in [0, 0.1) is 18.7 Å². The fraction of sp³-hybridized carbons (Fsp3) is 0.350. The van der Waals surface area contributed by atoms with Gasteiger partial charge in [0, 0.05) is 6.04 Å². The average Bonchev–Trinajstić information content (AvgIpc) is 2.56. The van der Waals surface area contributed by atoms with Gasteiger partial charge in [-0.3, -0.25) is 4.79 Å². The number of carbonyl (C=O) groups excluding carboxylic acids is 1. The van der Waals surface area contributed by atoms with Gasteiger partial charge in [-0.1, -0.05) is 32.0 Å². The van der Waals surface area contributed by atoms with Crippen LogP contribution in [0.2, 0.25) is 0 Å². The number of hydrogen-bond donors (Lipinski definition) is 2. The standard InChI is InChI=1S/C20H25FN2O2/c1-13(2)20(15-6-8-16(21)9-7-15)22-12-19(24)23-17-11-14(3)5-10-18(17)25-4/h5-11,13,20,22H,12H2,1-4H3,(H,23,24). The lowest BCUT2D eigenvalue weighted by Gasteiger charge is -2.23. The first kappa shape index (κ1) is 18.9. The first-order chi connectivity index (χ1) is 11.9. The molecule has 0 spiro atoms. The number of aryl methyl sites for hydroxylation is 1. The lowest BCUT2D eigenvalue weighted by atomic mass is 9.96. The van der Waals surface area contributed by atoms with Crippen molar-refractivity contribution in [3.63, 3.8) is 0 Å². The molecule has 0 aliphatic heterocycles. The number of amides is 1. The van der Waals surface area contributed by atoms with Crippen LogP contribution in [0.15, 0.2) is 42.5 Å². The van der Waals surface area contributed by atoms with Gasteiger partial charge in [0.25, 0.3) is 0 Å². The SMILES string of the molecule is COc1ccc(C)cc1NC(=O)CNC(c1ccc(F)cc1)C(C)C. The third kappa shape index (κ3) is 5.29. The van der Waals surface area contributed by atoms with E-state index in [-0.39, 0.29) is 30.2 Å². The van der Waals surface area contributed by atoms with E-state index < -0.39 is 0 Å². The van der Waals surface area contributed by atoms with Crippen LogP contribution in [0.5, 0.6) is 5.75 Å². The van der Waals surface area contributed by atoms with Crippen LogP contribution in [0.4, 0.5) is 10.1 Å². The normalized spacial score (nSPS) is 12.1. The highest BCUT2D eigenvalue weighted by Gasteiger charge is 2.17. The quantitative estimate of drug-likeness (QED) is 0.796. The zero-order chi connectivity index (χ0) is 18.4. The summed E-state index contributed by atoms with van der Waals surface area (Å²) >= 11 is 0. The van der Waals surface area contributed by atoms with Gasteiger partial charge in [0.05, 0.1) is 19.3 Å². The minimum atomic E-state index is -0.268. The molecule has 0 aromatic heterocycles. The maximum absolute atomic E-state index is 13.1. The van der Waals surface area contributed by atoms with Crippen molar-refractivity contribution in [3.8, 4) is 5.75 Å². The number of halogens is 1. The Morgan fingerprint density at radius 2 is 1.84 bits per heavy atom. The second kappa shape index (κ2) is 8.62. The van der Waals surface area contributed by atoms with E-state index in [1.54, 1.807) is 19.2 Å². The average molecular weight is 344 g/mol. The van der Waals surface area contributed by atoms with Gasteiger partial charge in [0.2, 0.25) is 5.91 Å². The van der Waals surface area contributed by atoms with Crippen molar-refractivity contribution in [2.24, 2.45) is 5.92 Å². The Labute approximate surface area is 148 Å². The summed E-state index contributed by atoms with van der Waals surface area (Å²) in [6.45, 7) is 6.22. The van der Waals surface area contributed by atoms with E-state index >= 15 is 0 Å². The molecule has 4 nitrogen and oxygen atoms in total. The highest BCUT2D eigenvalue weighted by atomic mass is 19.1. The van der Waals surface area contributed by atoms with Crippen molar-refractivity contribution >= 4 is 11.6 Å². The van der Waals surface area contributed by atoms with Crippen LogP contribution in [-0.2, 0) is 4.79 Å². The Kier molecular flexibility index (Phi) is 6.53. The monoisotopic (exact) mass is 344 g/mol. The van der Waals surface area contributed by atoms with Crippen LogP contribution in [0.1, 0.15) is 31.0 Å². The molecule has 0 saturated carbocycles. The van der Waals surface area contributed by atoms with Crippen LogP contribution in [-0.4, -0.2) is 19.6 Å². The summed E-state index contributed by atoms with van der Waals surface area (Å²) in [7, 11) is 1.57. The largest absolute Gasteiger partial charge is 0.495 e. The Balaban J connectivity index is 2.02. The molecule has 0 fully saturated rings. The summed E-state index contributed by atoms with van der Waals surface area (Å²) in [5.41, 5.74) is 2.64. The topological polar surface area (TPSA) is 50.4 Å². The van der Waals surface area contributed by atoms with Gasteiger partial charge in [-0.05, 0) is 48.2 Å². The Morgan fingerprint density at radius 1 is 1.16 bits per heavy atom.